The molecule has 4 N–H and O–H groups in total. The van der Waals surface area contributed by atoms with E-state index in [0.29, 0.717) is 17.1 Å². The number of hydrogen-bond acceptors (Lipinski definition) is 6. The summed E-state index contributed by atoms with van der Waals surface area (Å²) in [4.78, 5) is 0. The second-order valence-corrected chi connectivity index (χ2v) is 8.34. The molecule has 4 aromatic carbocycles. The van der Waals surface area contributed by atoms with Crippen LogP contribution in [0.1, 0.15) is 22.3 Å². The first-order valence-corrected chi connectivity index (χ1v) is 11.4. The molecule has 0 heterocycles. The molecule has 0 aliphatic heterocycles. The first-order chi connectivity index (χ1) is 17.1. The molecule has 35 heavy (non-hydrogen) atoms. The average molecular weight is 471 g/mol. The number of rotatable bonds is 8. The molecular weight excluding hydrogens is 444 g/mol. The summed E-state index contributed by atoms with van der Waals surface area (Å²) in [6.45, 7) is 0.231. The van der Waals surface area contributed by atoms with Crippen molar-refractivity contribution in [3.8, 4) is 34.1 Å². The van der Waals surface area contributed by atoms with Gasteiger partial charge in [-0.2, -0.15) is 0 Å². The van der Waals surface area contributed by atoms with Crippen LogP contribution in [0.3, 0.4) is 0 Å². The van der Waals surface area contributed by atoms with Crippen molar-refractivity contribution in [3.05, 3.63) is 107 Å². The van der Waals surface area contributed by atoms with E-state index in [1.54, 1.807) is 0 Å². The summed E-state index contributed by atoms with van der Waals surface area (Å²) in [5, 5.41) is 40.0. The lowest BCUT2D eigenvalue weighted by atomic mass is 9.67. The SMILES string of the molecule is OCCOc1ccc(C2(c3ccc(OCCO)cc3)c3ccccc3-c3ccc(O)c(O)c32)cc1. The zero-order valence-corrected chi connectivity index (χ0v) is 19.0. The minimum Gasteiger partial charge on any atom is -0.504 e. The maximum absolute atomic E-state index is 11.2. The fraction of sp³-hybridized carbons (Fsp3) is 0.172. The van der Waals surface area contributed by atoms with Gasteiger partial charge in [0.05, 0.1) is 18.6 Å². The van der Waals surface area contributed by atoms with Gasteiger partial charge >= 0.3 is 0 Å². The molecule has 178 valence electrons. The zero-order chi connectivity index (χ0) is 24.4. The van der Waals surface area contributed by atoms with Crippen molar-refractivity contribution in [1.82, 2.24) is 0 Å². The predicted octanol–water partition coefficient (Wildman–Crippen LogP) is 4.20. The van der Waals surface area contributed by atoms with Crippen molar-refractivity contribution < 1.29 is 29.9 Å². The molecule has 6 nitrogen and oxygen atoms in total. The van der Waals surface area contributed by atoms with Gasteiger partial charge < -0.3 is 29.9 Å². The summed E-state index contributed by atoms with van der Waals surface area (Å²) in [5.74, 6) is 0.890. The van der Waals surface area contributed by atoms with Crippen LogP contribution < -0.4 is 9.47 Å². The van der Waals surface area contributed by atoms with E-state index in [-0.39, 0.29) is 37.9 Å². The zero-order valence-electron chi connectivity index (χ0n) is 19.0. The van der Waals surface area contributed by atoms with E-state index < -0.39 is 5.41 Å². The van der Waals surface area contributed by atoms with Crippen LogP contribution in [0.25, 0.3) is 11.1 Å². The van der Waals surface area contributed by atoms with Crippen molar-refractivity contribution >= 4 is 0 Å². The number of aliphatic hydroxyl groups excluding tert-OH is 2. The molecule has 0 fully saturated rings. The third-order valence-corrected chi connectivity index (χ3v) is 6.45. The van der Waals surface area contributed by atoms with E-state index in [0.717, 1.165) is 27.8 Å². The van der Waals surface area contributed by atoms with Gasteiger partial charge in [-0.1, -0.05) is 54.6 Å². The van der Waals surface area contributed by atoms with Crippen LogP contribution in [-0.2, 0) is 5.41 Å². The van der Waals surface area contributed by atoms with E-state index in [4.69, 9.17) is 19.7 Å². The molecule has 0 aromatic heterocycles. The molecule has 0 amide bonds. The summed E-state index contributed by atoms with van der Waals surface area (Å²) in [6, 6.07) is 26.5. The van der Waals surface area contributed by atoms with Crippen molar-refractivity contribution in [2.24, 2.45) is 0 Å². The normalized spacial score (nSPS) is 13.2. The number of benzene rings is 4. The van der Waals surface area contributed by atoms with Gasteiger partial charge in [-0.25, -0.2) is 0 Å². The Kier molecular flexibility index (Phi) is 6.07. The monoisotopic (exact) mass is 470 g/mol. The van der Waals surface area contributed by atoms with Gasteiger partial charge in [0.1, 0.15) is 24.7 Å². The van der Waals surface area contributed by atoms with Crippen molar-refractivity contribution in [3.63, 3.8) is 0 Å². The number of hydrogen-bond donors (Lipinski definition) is 4. The Morgan fingerprint density at radius 1 is 0.600 bits per heavy atom. The lowest BCUT2D eigenvalue weighted by Crippen LogP contribution is -2.28. The fourth-order valence-corrected chi connectivity index (χ4v) is 5.06. The molecule has 4 aromatic rings. The van der Waals surface area contributed by atoms with Crippen molar-refractivity contribution in [1.29, 1.82) is 0 Å². The maximum Gasteiger partial charge on any atom is 0.162 e. The van der Waals surface area contributed by atoms with Gasteiger partial charge in [0, 0.05) is 5.56 Å². The Balaban J connectivity index is 1.78. The molecule has 0 saturated carbocycles. The van der Waals surface area contributed by atoms with Gasteiger partial charge in [0.2, 0.25) is 0 Å². The van der Waals surface area contributed by atoms with E-state index in [1.165, 1.54) is 6.07 Å². The predicted molar refractivity (Wildman–Crippen MR) is 132 cm³/mol. The smallest absolute Gasteiger partial charge is 0.162 e. The molecule has 1 aliphatic rings. The summed E-state index contributed by atoms with van der Waals surface area (Å²) >= 11 is 0. The van der Waals surface area contributed by atoms with Gasteiger partial charge in [0.15, 0.2) is 11.5 Å². The van der Waals surface area contributed by atoms with Crippen LogP contribution in [0.15, 0.2) is 84.9 Å². The highest BCUT2D eigenvalue weighted by Crippen LogP contribution is 2.60. The van der Waals surface area contributed by atoms with Gasteiger partial charge in [0.25, 0.3) is 0 Å². The summed E-state index contributed by atoms with van der Waals surface area (Å²) < 4.78 is 11.1. The highest BCUT2D eigenvalue weighted by molar-refractivity contribution is 5.89. The lowest BCUT2D eigenvalue weighted by Gasteiger charge is -2.34. The summed E-state index contributed by atoms with van der Waals surface area (Å²) in [5.41, 5.74) is 4.24. The lowest BCUT2D eigenvalue weighted by molar-refractivity contribution is 0.201. The van der Waals surface area contributed by atoms with Crippen LogP contribution in [-0.4, -0.2) is 46.9 Å². The Labute approximate surface area is 203 Å². The van der Waals surface area contributed by atoms with Crippen LogP contribution >= 0.6 is 0 Å². The summed E-state index contributed by atoms with van der Waals surface area (Å²) in [6.07, 6.45) is 0. The number of phenolic OH excluding ortho intramolecular Hbond substituents is 2. The number of ether oxygens (including phenoxy) is 2. The van der Waals surface area contributed by atoms with Crippen molar-refractivity contribution in [2.45, 2.75) is 5.41 Å². The summed E-state index contributed by atoms with van der Waals surface area (Å²) in [7, 11) is 0. The standard InChI is InChI=1S/C29H26O6/c30-15-17-34-21-9-5-19(6-10-21)29(20-7-11-22(12-8-20)35-18-16-31)25-4-2-1-3-23(25)24-13-14-26(32)28(33)27(24)29/h1-14,30-33H,15-18H2. The van der Waals surface area contributed by atoms with Crippen LogP contribution in [0.5, 0.6) is 23.0 Å². The number of aliphatic hydroxyl groups is 2. The molecule has 1 aliphatic carbocycles. The largest absolute Gasteiger partial charge is 0.504 e. The highest BCUT2D eigenvalue weighted by atomic mass is 16.5. The van der Waals surface area contributed by atoms with E-state index >= 15 is 0 Å². The minimum atomic E-state index is -0.917. The van der Waals surface area contributed by atoms with E-state index in [1.807, 2.05) is 78.9 Å². The molecule has 0 unspecified atom stereocenters. The number of fused-ring (bicyclic) bond motifs is 3. The van der Waals surface area contributed by atoms with Crippen molar-refractivity contribution in [2.75, 3.05) is 26.4 Å². The maximum atomic E-state index is 11.2. The third kappa shape index (κ3) is 3.67. The molecule has 0 spiro atoms. The quantitative estimate of drug-likeness (QED) is 0.254. The van der Waals surface area contributed by atoms with Gasteiger partial charge in [-0.15, -0.1) is 0 Å². The molecular formula is C29H26O6. The Hall–Kier alpha value is -4.00. The highest BCUT2D eigenvalue weighted by Gasteiger charge is 2.48. The molecule has 6 heteroatoms. The minimum absolute atomic E-state index is 0.0791. The van der Waals surface area contributed by atoms with Gasteiger partial charge in [-0.05, 0) is 58.1 Å². The second kappa shape index (κ2) is 9.33. The van der Waals surface area contributed by atoms with Crippen LogP contribution in [0, 0.1) is 0 Å². The first-order valence-electron chi connectivity index (χ1n) is 11.4. The molecule has 0 atom stereocenters. The third-order valence-electron chi connectivity index (χ3n) is 6.45. The van der Waals surface area contributed by atoms with Crippen LogP contribution in [0.2, 0.25) is 0 Å². The first kappa shape index (κ1) is 22.8. The second-order valence-electron chi connectivity index (χ2n) is 8.34. The Morgan fingerprint density at radius 2 is 1.14 bits per heavy atom. The molecule has 0 saturated heterocycles. The Bertz CT molecular complexity index is 1280. The number of phenols is 2. The number of aromatic hydroxyl groups is 2. The topological polar surface area (TPSA) is 99.4 Å². The Morgan fingerprint density at radius 3 is 1.69 bits per heavy atom. The molecule has 0 bridgehead atoms. The molecule has 0 radical (unpaired) electrons. The van der Waals surface area contributed by atoms with Gasteiger partial charge in [-0.3, -0.25) is 0 Å². The van der Waals surface area contributed by atoms with E-state index in [9.17, 15) is 10.2 Å². The fourth-order valence-electron chi connectivity index (χ4n) is 5.06. The molecule has 5 rings (SSSR count). The average Bonchev–Trinajstić information content (AvgIpc) is 3.21. The van der Waals surface area contributed by atoms with Crippen LogP contribution in [0.4, 0.5) is 0 Å². The van der Waals surface area contributed by atoms with E-state index in [2.05, 4.69) is 0 Å².